The Hall–Kier alpha value is -2.10. The van der Waals surface area contributed by atoms with Crippen LogP contribution in [0.3, 0.4) is 0 Å². The maximum Gasteiger partial charge on any atom is 0.272 e. The van der Waals surface area contributed by atoms with Gasteiger partial charge in [0.25, 0.3) is 5.91 Å². The molecule has 0 aliphatic carbocycles. The van der Waals surface area contributed by atoms with Crippen LogP contribution in [0.15, 0.2) is 30.3 Å². The number of benzene rings is 1. The minimum Gasteiger partial charge on any atom is -0.398 e. The molecule has 0 saturated carbocycles. The van der Waals surface area contributed by atoms with E-state index < -0.39 is 0 Å². The van der Waals surface area contributed by atoms with Crippen LogP contribution in [0.5, 0.6) is 0 Å². The number of nitrogens with two attached hydrogens (primary N) is 1. The number of amides is 1. The Morgan fingerprint density at radius 3 is 2.67 bits per heavy atom. The Labute approximate surface area is 106 Å². The van der Waals surface area contributed by atoms with Crippen LogP contribution < -0.4 is 5.73 Å². The quantitative estimate of drug-likeness (QED) is 0.880. The number of hydrogen-bond acceptors (Lipinski definition) is 3. The van der Waals surface area contributed by atoms with E-state index in [4.69, 9.17) is 5.73 Å². The molecule has 0 bridgehead atoms. The molecule has 2 rings (SSSR count). The molecule has 1 aromatic carbocycles. The Balaban J connectivity index is 2.50. The van der Waals surface area contributed by atoms with E-state index in [1.807, 2.05) is 38.1 Å². The molecule has 4 nitrogen and oxygen atoms in total. The molecule has 0 aliphatic rings. The maximum atomic E-state index is 12.2. The van der Waals surface area contributed by atoms with E-state index in [0.717, 1.165) is 10.9 Å². The van der Waals surface area contributed by atoms with Gasteiger partial charge in [-0.15, -0.1) is 0 Å². The second-order valence-corrected chi connectivity index (χ2v) is 4.62. The molecule has 4 heteroatoms. The van der Waals surface area contributed by atoms with Crippen LogP contribution in [0, 0.1) is 0 Å². The van der Waals surface area contributed by atoms with Gasteiger partial charge in [0.15, 0.2) is 0 Å². The summed E-state index contributed by atoms with van der Waals surface area (Å²) in [6.45, 7) is 3.92. The van der Waals surface area contributed by atoms with E-state index in [1.165, 1.54) is 0 Å². The SMILES string of the molecule is CC(C)N(C)C(=O)c1cc(N)c2ccccc2n1. The molecule has 0 fully saturated rings. The molecule has 18 heavy (non-hydrogen) atoms. The lowest BCUT2D eigenvalue weighted by Crippen LogP contribution is -2.33. The Morgan fingerprint density at radius 2 is 2.00 bits per heavy atom. The zero-order valence-corrected chi connectivity index (χ0v) is 10.8. The molecule has 0 atom stereocenters. The average Bonchev–Trinajstić information content (AvgIpc) is 2.36. The fourth-order valence-electron chi connectivity index (χ4n) is 1.73. The second-order valence-electron chi connectivity index (χ2n) is 4.62. The molecular formula is C14H17N3O. The standard InChI is InChI=1S/C14H17N3O/c1-9(2)17(3)14(18)13-8-11(15)10-6-4-5-7-12(10)16-13/h4-9H,1-3H3,(H2,15,16). The molecule has 1 amide bonds. The summed E-state index contributed by atoms with van der Waals surface area (Å²) < 4.78 is 0. The smallest absolute Gasteiger partial charge is 0.272 e. The van der Waals surface area contributed by atoms with Gasteiger partial charge < -0.3 is 10.6 Å². The maximum absolute atomic E-state index is 12.2. The molecule has 0 spiro atoms. The van der Waals surface area contributed by atoms with Crippen LogP contribution in [0.25, 0.3) is 10.9 Å². The van der Waals surface area contributed by atoms with Gasteiger partial charge >= 0.3 is 0 Å². The largest absolute Gasteiger partial charge is 0.398 e. The lowest BCUT2D eigenvalue weighted by atomic mass is 10.1. The van der Waals surface area contributed by atoms with E-state index >= 15 is 0 Å². The van der Waals surface area contributed by atoms with Crippen molar-refractivity contribution >= 4 is 22.5 Å². The van der Waals surface area contributed by atoms with E-state index in [-0.39, 0.29) is 11.9 Å². The van der Waals surface area contributed by atoms with Crippen molar-refractivity contribution in [3.63, 3.8) is 0 Å². The molecule has 1 aromatic heterocycles. The highest BCUT2D eigenvalue weighted by Crippen LogP contribution is 2.20. The van der Waals surface area contributed by atoms with E-state index in [1.54, 1.807) is 18.0 Å². The predicted octanol–water partition coefficient (Wildman–Crippen LogP) is 2.30. The van der Waals surface area contributed by atoms with Crippen molar-refractivity contribution in [1.82, 2.24) is 9.88 Å². The molecule has 0 radical (unpaired) electrons. The summed E-state index contributed by atoms with van der Waals surface area (Å²) in [6, 6.07) is 9.32. The highest BCUT2D eigenvalue weighted by Gasteiger charge is 2.17. The van der Waals surface area contributed by atoms with E-state index in [9.17, 15) is 4.79 Å². The van der Waals surface area contributed by atoms with Crippen LogP contribution in [0.4, 0.5) is 5.69 Å². The number of carbonyl (C=O) groups is 1. The summed E-state index contributed by atoms with van der Waals surface area (Å²) in [7, 11) is 1.76. The summed E-state index contributed by atoms with van der Waals surface area (Å²) in [6.07, 6.45) is 0. The number of anilines is 1. The third kappa shape index (κ3) is 2.14. The monoisotopic (exact) mass is 243 g/mol. The second kappa shape index (κ2) is 4.64. The Bertz CT molecular complexity index is 593. The topological polar surface area (TPSA) is 59.2 Å². The van der Waals surface area contributed by atoms with Crippen LogP contribution in [-0.2, 0) is 0 Å². The molecule has 0 unspecified atom stereocenters. The van der Waals surface area contributed by atoms with Crippen molar-refractivity contribution in [1.29, 1.82) is 0 Å². The van der Waals surface area contributed by atoms with E-state index in [0.29, 0.717) is 11.4 Å². The highest BCUT2D eigenvalue weighted by atomic mass is 16.2. The zero-order chi connectivity index (χ0) is 13.3. The van der Waals surface area contributed by atoms with Gasteiger partial charge in [0.1, 0.15) is 5.69 Å². The van der Waals surface area contributed by atoms with Gasteiger partial charge in [0.05, 0.1) is 5.52 Å². The van der Waals surface area contributed by atoms with E-state index in [2.05, 4.69) is 4.98 Å². The average molecular weight is 243 g/mol. The normalized spacial score (nSPS) is 10.9. The number of fused-ring (bicyclic) bond motifs is 1. The summed E-state index contributed by atoms with van der Waals surface area (Å²) in [5, 5.41) is 0.876. The number of pyridine rings is 1. The van der Waals surface area contributed by atoms with Crippen molar-refractivity contribution < 1.29 is 4.79 Å². The third-order valence-corrected chi connectivity index (χ3v) is 3.06. The van der Waals surface area contributed by atoms with Gasteiger partial charge in [0, 0.05) is 24.2 Å². The summed E-state index contributed by atoms with van der Waals surface area (Å²) in [4.78, 5) is 18.2. The first-order valence-electron chi connectivity index (χ1n) is 5.93. The lowest BCUT2D eigenvalue weighted by molar-refractivity contribution is 0.0749. The fourth-order valence-corrected chi connectivity index (χ4v) is 1.73. The molecule has 1 heterocycles. The number of nitrogens with zero attached hydrogens (tertiary/aromatic N) is 2. The first-order valence-corrected chi connectivity index (χ1v) is 5.93. The fraction of sp³-hybridized carbons (Fsp3) is 0.286. The van der Waals surface area contributed by atoms with Crippen molar-refractivity contribution in [2.45, 2.75) is 19.9 Å². The number of para-hydroxylation sites is 1. The number of rotatable bonds is 2. The molecule has 94 valence electrons. The van der Waals surface area contributed by atoms with Gasteiger partial charge in [0.2, 0.25) is 0 Å². The van der Waals surface area contributed by atoms with Crippen molar-refractivity contribution in [2.75, 3.05) is 12.8 Å². The molecule has 0 aliphatic heterocycles. The first-order chi connectivity index (χ1) is 8.50. The highest BCUT2D eigenvalue weighted by molar-refractivity contribution is 5.99. The number of carbonyl (C=O) groups excluding carboxylic acids is 1. The molecule has 2 aromatic rings. The Kier molecular flexibility index (Phi) is 3.19. The lowest BCUT2D eigenvalue weighted by Gasteiger charge is -2.21. The summed E-state index contributed by atoms with van der Waals surface area (Å²) >= 11 is 0. The molecule has 0 saturated heterocycles. The van der Waals surface area contributed by atoms with Crippen molar-refractivity contribution in [3.8, 4) is 0 Å². The van der Waals surface area contributed by atoms with Crippen molar-refractivity contribution in [3.05, 3.63) is 36.0 Å². The van der Waals surface area contributed by atoms with Gasteiger partial charge in [-0.05, 0) is 26.0 Å². The summed E-state index contributed by atoms with van der Waals surface area (Å²) in [5.74, 6) is -0.109. The van der Waals surface area contributed by atoms with Gasteiger partial charge in [-0.1, -0.05) is 18.2 Å². The Morgan fingerprint density at radius 1 is 1.33 bits per heavy atom. The molecular weight excluding hydrogens is 226 g/mol. The van der Waals surface area contributed by atoms with Crippen LogP contribution in [0.2, 0.25) is 0 Å². The minimum atomic E-state index is -0.109. The predicted molar refractivity (Wildman–Crippen MR) is 73.4 cm³/mol. The number of hydrogen-bond donors (Lipinski definition) is 1. The summed E-state index contributed by atoms with van der Waals surface area (Å²) in [5.41, 5.74) is 7.68. The van der Waals surface area contributed by atoms with Gasteiger partial charge in [-0.3, -0.25) is 4.79 Å². The number of nitrogen functional groups attached to an aromatic ring is 1. The molecule has 2 N–H and O–H groups in total. The van der Waals surface area contributed by atoms with Crippen LogP contribution in [0.1, 0.15) is 24.3 Å². The van der Waals surface area contributed by atoms with Crippen LogP contribution in [-0.4, -0.2) is 28.9 Å². The third-order valence-electron chi connectivity index (χ3n) is 3.06. The zero-order valence-electron chi connectivity index (χ0n) is 10.8. The van der Waals surface area contributed by atoms with Gasteiger partial charge in [-0.2, -0.15) is 0 Å². The van der Waals surface area contributed by atoms with Crippen molar-refractivity contribution in [2.24, 2.45) is 0 Å². The first kappa shape index (κ1) is 12.4. The van der Waals surface area contributed by atoms with Gasteiger partial charge in [-0.25, -0.2) is 4.98 Å². The minimum absolute atomic E-state index is 0.109. The van der Waals surface area contributed by atoms with Crippen LogP contribution >= 0.6 is 0 Å². The number of aromatic nitrogens is 1.